The molecule has 0 aliphatic carbocycles. The van der Waals surface area contributed by atoms with Crippen LogP contribution in [0.25, 0.3) is 10.9 Å². The number of halogens is 2. The SMILES string of the molecule is COc1cccc2c(C(=O)Nc3c(Cl)ccc(C)c3Cl)nn(CCN3CCOCC3)c12. The lowest BCUT2D eigenvalue weighted by atomic mass is 10.1. The summed E-state index contributed by atoms with van der Waals surface area (Å²) < 4.78 is 12.8. The molecule has 1 aliphatic rings. The Morgan fingerprint density at radius 1 is 1.19 bits per heavy atom. The fraction of sp³-hybridized carbons (Fsp3) is 0.364. The van der Waals surface area contributed by atoms with Crippen molar-refractivity contribution in [2.75, 3.05) is 45.3 Å². The van der Waals surface area contributed by atoms with Crippen molar-refractivity contribution >= 4 is 45.7 Å². The Balaban J connectivity index is 1.67. The van der Waals surface area contributed by atoms with Gasteiger partial charge in [-0.15, -0.1) is 0 Å². The minimum absolute atomic E-state index is 0.296. The molecule has 0 bridgehead atoms. The molecule has 2 heterocycles. The van der Waals surface area contributed by atoms with Gasteiger partial charge in [-0.25, -0.2) is 0 Å². The number of aryl methyl sites for hydroxylation is 1. The number of rotatable bonds is 6. The van der Waals surface area contributed by atoms with Crippen LogP contribution in [0, 0.1) is 6.92 Å². The first-order chi connectivity index (χ1) is 15.0. The predicted molar refractivity (Wildman–Crippen MR) is 123 cm³/mol. The fourth-order valence-electron chi connectivity index (χ4n) is 3.70. The second kappa shape index (κ2) is 9.44. The van der Waals surface area contributed by atoms with E-state index in [4.69, 9.17) is 32.7 Å². The Hall–Kier alpha value is -2.32. The van der Waals surface area contributed by atoms with Gasteiger partial charge in [0, 0.05) is 25.0 Å². The normalized spacial score (nSPS) is 14.7. The third-order valence-corrected chi connectivity index (χ3v) is 6.22. The minimum atomic E-state index is -0.377. The maximum Gasteiger partial charge on any atom is 0.276 e. The van der Waals surface area contributed by atoms with Gasteiger partial charge in [-0.1, -0.05) is 41.4 Å². The summed E-state index contributed by atoms with van der Waals surface area (Å²) in [6, 6.07) is 9.09. The number of aromatic nitrogens is 2. The number of fused-ring (bicyclic) bond motifs is 1. The Labute approximate surface area is 190 Å². The van der Waals surface area contributed by atoms with Gasteiger partial charge in [0.15, 0.2) is 5.69 Å². The zero-order chi connectivity index (χ0) is 22.0. The van der Waals surface area contributed by atoms with Gasteiger partial charge in [0.05, 0.1) is 42.6 Å². The summed E-state index contributed by atoms with van der Waals surface area (Å²) >= 11 is 12.7. The van der Waals surface area contributed by atoms with Crippen LogP contribution < -0.4 is 10.1 Å². The van der Waals surface area contributed by atoms with E-state index in [1.807, 2.05) is 29.8 Å². The number of ether oxygens (including phenoxy) is 2. The van der Waals surface area contributed by atoms with Gasteiger partial charge in [0.1, 0.15) is 11.3 Å². The van der Waals surface area contributed by atoms with E-state index in [2.05, 4.69) is 15.3 Å². The number of amides is 1. The Bertz CT molecular complexity index is 1110. The van der Waals surface area contributed by atoms with Crippen molar-refractivity contribution in [2.45, 2.75) is 13.5 Å². The molecule has 1 amide bonds. The Morgan fingerprint density at radius 3 is 2.71 bits per heavy atom. The summed E-state index contributed by atoms with van der Waals surface area (Å²) in [6.07, 6.45) is 0. The number of nitrogens with one attached hydrogen (secondary N) is 1. The van der Waals surface area contributed by atoms with E-state index in [9.17, 15) is 4.79 Å². The molecule has 1 fully saturated rings. The van der Waals surface area contributed by atoms with Crippen LogP contribution in [0.1, 0.15) is 16.1 Å². The number of nitrogens with zero attached hydrogens (tertiary/aromatic N) is 3. The van der Waals surface area contributed by atoms with E-state index >= 15 is 0 Å². The van der Waals surface area contributed by atoms with E-state index in [0.717, 1.165) is 43.9 Å². The predicted octanol–water partition coefficient (Wildman–Crippen LogP) is 4.24. The number of hydrogen-bond acceptors (Lipinski definition) is 5. The molecule has 164 valence electrons. The summed E-state index contributed by atoms with van der Waals surface area (Å²) in [4.78, 5) is 15.5. The van der Waals surface area contributed by atoms with Crippen LogP contribution in [0.3, 0.4) is 0 Å². The third kappa shape index (κ3) is 4.50. The number of methoxy groups -OCH3 is 1. The van der Waals surface area contributed by atoms with E-state index in [1.54, 1.807) is 19.2 Å². The van der Waals surface area contributed by atoms with Crippen molar-refractivity contribution in [1.29, 1.82) is 0 Å². The van der Waals surface area contributed by atoms with Crippen LogP contribution >= 0.6 is 23.2 Å². The fourth-order valence-corrected chi connectivity index (χ4v) is 4.17. The number of benzene rings is 2. The summed E-state index contributed by atoms with van der Waals surface area (Å²) in [5, 5.41) is 8.97. The molecule has 4 rings (SSSR count). The van der Waals surface area contributed by atoms with E-state index in [-0.39, 0.29) is 5.91 Å². The average Bonchev–Trinajstić information content (AvgIpc) is 3.17. The second-order valence-electron chi connectivity index (χ2n) is 7.39. The molecule has 0 spiro atoms. The van der Waals surface area contributed by atoms with Gasteiger partial charge in [0.25, 0.3) is 5.91 Å². The van der Waals surface area contributed by atoms with Crippen LogP contribution in [0.2, 0.25) is 10.0 Å². The topological polar surface area (TPSA) is 68.6 Å². The lowest BCUT2D eigenvalue weighted by Crippen LogP contribution is -2.38. The Kier molecular flexibility index (Phi) is 6.67. The maximum absolute atomic E-state index is 13.2. The number of para-hydroxylation sites is 1. The van der Waals surface area contributed by atoms with Gasteiger partial charge in [-0.05, 0) is 24.6 Å². The smallest absolute Gasteiger partial charge is 0.276 e. The molecule has 9 heteroatoms. The molecule has 1 aliphatic heterocycles. The van der Waals surface area contributed by atoms with E-state index in [1.165, 1.54) is 0 Å². The zero-order valence-corrected chi connectivity index (χ0v) is 19.0. The van der Waals surface area contributed by atoms with E-state index in [0.29, 0.717) is 39.1 Å². The van der Waals surface area contributed by atoms with Gasteiger partial charge in [0.2, 0.25) is 0 Å². The zero-order valence-electron chi connectivity index (χ0n) is 17.5. The van der Waals surface area contributed by atoms with Gasteiger partial charge >= 0.3 is 0 Å². The highest BCUT2D eigenvalue weighted by Crippen LogP contribution is 2.34. The van der Waals surface area contributed by atoms with Gasteiger partial charge in [-0.2, -0.15) is 5.10 Å². The van der Waals surface area contributed by atoms with E-state index < -0.39 is 0 Å². The molecular weight excluding hydrogens is 439 g/mol. The molecule has 31 heavy (non-hydrogen) atoms. The number of carbonyl (C=O) groups excluding carboxylic acids is 1. The first-order valence-corrected chi connectivity index (χ1v) is 10.8. The number of carbonyl (C=O) groups is 1. The molecule has 1 aromatic heterocycles. The van der Waals surface area contributed by atoms with Crippen molar-refractivity contribution in [1.82, 2.24) is 14.7 Å². The number of anilines is 1. The standard InChI is InChI=1S/C22H24Cl2N4O3/c1-14-6-7-16(23)20(18(14)24)25-22(29)19-15-4-3-5-17(30-2)21(15)28(26-19)9-8-27-10-12-31-13-11-27/h3-7H,8-13H2,1-2H3,(H,25,29). The van der Waals surface area contributed by atoms with Crippen LogP contribution in [-0.2, 0) is 11.3 Å². The highest BCUT2D eigenvalue weighted by atomic mass is 35.5. The summed E-state index contributed by atoms with van der Waals surface area (Å²) in [5.74, 6) is 0.287. The molecule has 3 aromatic rings. The lowest BCUT2D eigenvalue weighted by molar-refractivity contribution is 0.0361. The molecule has 2 aromatic carbocycles. The second-order valence-corrected chi connectivity index (χ2v) is 8.17. The van der Waals surface area contributed by atoms with Crippen LogP contribution in [0.4, 0.5) is 5.69 Å². The monoisotopic (exact) mass is 462 g/mol. The largest absolute Gasteiger partial charge is 0.494 e. The van der Waals surface area contributed by atoms with Gasteiger partial charge in [-0.3, -0.25) is 14.4 Å². The first kappa shape index (κ1) is 21.9. The molecule has 0 saturated carbocycles. The summed E-state index contributed by atoms with van der Waals surface area (Å²) in [7, 11) is 1.61. The third-order valence-electron chi connectivity index (χ3n) is 5.42. The van der Waals surface area contributed by atoms with Crippen LogP contribution in [-0.4, -0.2) is 60.5 Å². The number of hydrogen-bond donors (Lipinski definition) is 1. The van der Waals surface area contributed by atoms with Crippen molar-refractivity contribution in [2.24, 2.45) is 0 Å². The molecule has 0 unspecified atom stereocenters. The summed E-state index contributed by atoms with van der Waals surface area (Å²) in [6.45, 7) is 6.51. The molecule has 1 N–H and O–H groups in total. The minimum Gasteiger partial charge on any atom is -0.494 e. The maximum atomic E-state index is 13.2. The van der Waals surface area contributed by atoms with Crippen LogP contribution in [0.5, 0.6) is 5.75 Å². The van der Waals surface area contributed by atoms with Crippen molar-refractivity contribution in [3.63, 3.8) is 0 Å². The van der Waals surface area contributed by atoms with Crippen molar-refractivity contribution in [3.8, 4) is 5.75 Å². The van der Waals surface area contributed by atoms with Crippen LogP contribution in [0.15, 0.2) is 30.3 Å². The Morgan fingerprint density at radius 2 is 1.97 bits per heavy atom. The molecule has 0 atom stereocenters. The molecular formula is C22H24Cl2N4O3. The molecule has 1 saturated heterocycles. The van der Waals surface area contributed by atoms with Crippen molar-refractivity contribution in [3.05, 3.63) is 51.6 Å². The lowest BCUT2D eigenvalue weighted by Gasteiger charge is -2.26. The number of morpholine rings is 1. The summed E-state index contributed by atoms with van der Waals surface area (Å²) in [5.41, 5.74) is 2.28. The highest BCUT2D eigenvalue weighted by molar-refractivity contribution is 6.40. The van der Waals surface area contributed by atoms with Crippen molar-refractivity contribution < 1.29 is 14.3 Å². The quantitative estimate of drug-likeness (QED) is 0.592. The molecule has 0 radical (unpaired) electrons. The molecule has 7 nitrogen and oxygen atoms in total. The highest BCUT2D eigenvalue weighted by Gasteiger charge is 2.22. The average molecular weight is 463 g/mol. The van der Waals surface area contributed by atoms with Gasteiger partial charge < -0.3 is 14.8 Å². The first-order valence-electron chi connectivity index (χ1n) is 10.1.